The minimum Gasteiger partial charge on any atom is -0.394 e. The molecule has 160 valence electrons. The lowest BCUT2D eigenvalue weighted by atomic mass is 9.97. The van der Waals surface area contributed by atoms with Gasteiger partial charge in [0.1, 0.15) is 46.3 Å². The number of methoxy groups -OCH3 is 1. The molecule has 4 rings (SSSR count). The zero-order chi connectivity index (χ0) is 21.3. The van der Waals surface area contributed by atoms with Crippen molar-refractivity contribution in [3.8, 4) is 10.7 Å². The average Bonchev–Trinajstić information content (AvgIpc) is 3.43. The predicted molar refractivity (Wildman–Crippen MR) is 110 cm³/mol. The number of aliphatic hydroxyl groups excluding tert-OH is 2. The van der Waals surface area contributed by atoms with Crippen molar-refractivity contribution in [1.29, 1.82) is 0 Å². The van der Waals surface area contributed by atoms with Crippen LogP contribution in [0.3, 0.4) is 0 Å². The standard InChI is InChI=1S/C18H18ClFN4O4S2/c1-27-16-14(24-7-11(22-23-24)17-21-4-5-29-17)15(26)12(8-25)28-18(16)30-13-6-9(19)2-3-10(13)20/h2-7,12,14-16,18,25-26H,8H2,1H3/t12?,14?,15-,16?,18+/m0/s1. The SMILES string of the molecule is COC1C(n2cc(-c3nccs3)nn2)[C@@H](O)C(CO)O[C@@H]1Sc1cc(Cl)ccc1F. The van der Waals surface area contributed by atoms with Crippen LogP contribution >= 0.6 is 34.7 Å². The Morgan fingerprint density at radius 3 is 2.97 bits per heavy atom. The minimum atomic E-state index is -1.13. The van der Waals surface area contributed by atoms with E-state index in [2.05, 4.69) is 15.3 Å². The quantitative estimate of drug-likeness (QED) is 0.564. The van der Waals surface area contributed by atoms with E-state index in [4.69, 9.17) is 21.1 Å². The first kappa shape index (κ1) is 21.6. The summed E-state index contributed by atoms with van der Waals surface area (Å²) >= 11 is 8.47. The van der Waals surface area contributed by atoms with Gasteiger partial charge in [-0.1, -0.05) is 28.6 Å². The van der Waals surface area contributed by atoms with E-state index in [1.807, 2.05) is 5.38 Å². The molecule has 0 bridgehead atoms. The average molecular weight is 473 g/mol. The molecule has 0 amide bonds. The van der Waals surface area contributed by atoms with Gasteiger partial charge in [-0.25, -0.2) is 14.1 Å². The van der Waals surface area contributed by atoms with Crippen LogP contribution in [0.1, 0.15) is 6.04 Å². The molecule has 5 atom stereocenters. The summed E-state index contributed by atoms with van der Waals surface area (Å²) in [6.07, 6.45) is 0.534. The normalized spacial score (nSPS) is 26.8. The zero-order valence-electron chi connectivity index (χ0n) is 15.6. The maximum atomic E-state index is 14.3. The maximum absolute atomic E-state index is 14.3. The first-order chi connectivity index (χ1) is 14.5. The Labute approximate surface area is 184 Å². The van der Waals surface area contributed by atoms with E-state index in [9.17, 15) is 14.6 Å². The van der Waals surface area contributed by atoms with E-state index in [1.54, 1.807) is 12.4 Å². The van der Waals surface area contributed by atoms with Crippen LogP contribution in [-0.2, 0) is 9.47 Å². The summed E-state index contributed by atoms with van der Waals surface area (Å²) < 4.78 is 27.2. The number of thiazole rings is 1. The second-order valence-corrected chi connectivity index (χ2v) is 8.99. The first-order valence-corrected chi connectivity index (χ1v) is 11.1. The van der Waals surface area contributed by atoms with Crippen LogP contribution in [-0.4, -0.2) is 67.7 Å². The topological polar surface area (TPSA) is 103 Å². The Morgan fingerprint density at radius 2 is 2.27 bits per heavy atom. The van der Waals surface area contributed by atoms with Crippen molar-refractivity contribution in [2.75, 3.05) is 13.7 Å². The third-order valence-corrected chi connectivity index (χ3v) is 6.91. The number of rotatable bonds is 6. The lowest BCUT2D eigenvalue weighted by Crippen LogP contribution is -2.55. The molecule has 1 saturated heterocycles. The fourth-order valence-electron chi connectivity index (χ4n) is 3.27. The van der Waals surface area contributed by atoms with Crippen LogP contribution in [0.15, 0.2) is 40.9 Å². The summed E-state index contributed by atoms with van der Waals surface area (Å²) in [7, 11) is 1.47. The molecule has 8 nitrogen and oxygen atoms in total. The van der Waals surface area contributed by atoms with Crippen molar-refractivity contribution in [3.63, 3.8) is 0 Å². The van der Waals surface area contributed by atoms with Gasteiger partial charge < -0.3 is 19.7 Å². The molecular weight excluding hydrogens is 455 g/mol. The van der Waals surface area contributed by atoms with Crippen molar-refractivity contribution < 1.29 is 24.1 Å². The summed E-state index contributed by atoms with van der Waals surface area (Å²) in [5.74, 6) is -0.460. The van der Waals surface area contributed by atoms with Crippen LogP contribution in [0.4, 0.5) is 4.39 Å². The number of nitrogens with zero attached hydrogens (tertiary/aromatic N) is 4. The third kappa shape index (κ3) is 4.24. The molecular formula is C18H18ClFN4O4S2. The second kappa shape index (κ2) is 9.27. The van der Waals surface area contributed by atoms with Gasteiger partial charge in [0.2, 0.25) is 0 Å². The third-order valence-electron chi connectivity index (χ3n) is 4.70. The number of benzene rings is 1. The largest absolute Gasteiger partial charge is 0.394 e. The van der Waals surface area contributed by atoms with E-state index >= 15 is 0 Å². The Kier molecular flexibility index (Phi) is 6.68. The van der Waals surface area contributed by atoms with Gasteiger partial charge in [0.25, 0.3) is 0 Å². The molecule has 1 aliphatic heterocycles. The van der Waals surface area contributed by atoms with Crippen LogP contribution < -0.4 is 0 Å². The molecule has 2 N–H and O–H groups in total. The van der Waals surface area contributed by atoms with Crippen LogP contribution in [0.5, 0.6) is 0 Å². The van der Waals surface area contributed by atoms with Gasteiger partial charge in [-0.15, -0.1) is 16.4 Å². The molecule has 0 aliphatic carbocycles. The van der Waals surface area contributed by atoms with Crippen molar-refractivity contribution in [2.24, 2.45) is 0 Å². The van der Waals surface area contributed by atoms with Gasteiger partial charge in [-0.2, -0.15) is 0 Å². The molecule has 1 aliphatic rings. The molecule has 0 radical (unpaired) electrons. The fraction of sp³-hybridized carbons (Fsp3) is 0.389. The number of aliphatic hydroxyl groups is 2. The minimum absolute atomic E-state index is 0.267. The van der Waals surface area contributed by atoms with Gasteiger partial charge in [0, 0.05) is 28.6 Å². The molecule has 3 heterocycles. The van der Waals surface area contributed by atoms with E-state index in [1.165, 1.54) is 41.3 Å². The van der Waals surface area contributed by atoms with E-state index in [-0.39, 0.29) is 4.90 Å². The molecule has 0 spiro atoms. The molecule has 30 heavy (non-hydrogen) atoms. The monoisotopic (exact) mass is 472 g/mol. The summed E-state index contributed by atoms with van der Waals surface area (Å²) in [6, 6.07) is 3.47. The predicted octanol–water partition coefficient (Wildman–Crippen LogP) is 2.62. The zero-order valence-corrected chi connectivity index (χ0v) is 18.0. The Bertz CT molecular complexity index is 992. The highest BCUT2D eigenvalue weighted by atomic mass is 35.5. The number of thioether (sulfide) groups is 1. The van der Waals surface area contributed by atoms with Crippen LogP contribution in [0, 0.1) is 5.82 Å². The van der Waals surface area contributed by atoms with Crippen LogP contribution in [0.25, 0.3) is 10.7 Å². The molecule has 2 aromatic heterocycles. The number of halogens is 2. The highest BCUT2D eigenvalue weighted by Crippen LogP contribution is 2.40. The van der Waals surface area contributed by atoms with Crippen LogP contribution in [0.2, 0.25) is 5.02 Å². The molecule has 3 unspecified atom stereocenters. The fourth-order valence-corrected chi connectivity index (χ4v) is 5.33. The molecule has 1 fully saturated rings. The molecule has 1 aromatic carbocycles. The van der Waals surface area contributed by atoms with Gasteiger partial charge >= 0.3 is 0 Å². The van der Waals surface area contributed by atoms with Gasteiger partial charge in [-0.05, 0) is 18.2 Å². The lowest BCUT2D eigenvalue weighted by Gasteiger charge is -2.43. The Balaban J connectivity index is 1.66. The smallest absolute Gasteiger partial charge is 0.145 e. The van der Waals surface area contributed by atoms with E-state index < -0.39 is 42.2 Å². The summed E-state index contributed by atoms with van der Waals surface area (Å²) in [4.78, 5) is 4.48. The number of aromatic nitrogens is 4. The van der Waals surface area contributed by atoms with Gasteiger partial charge in [-0.3, -0.25) is 0 Å². The highest BCUT2D eigenvalue weighted by molar-refractivity contribution is 7.99. The Morgan fingerprint density at radius 1 is 1.43 bits per heavy atom. The summed E-state index contributed by atoms with van der Waals surface area (Å²) in [6.45, 7) is -0.433. The van der Waals surface area contributed by atoms with Crippen molar-refractivity contribution in [2.45, 2.75) is 34.7 Å². The second-order valence-electron chi connectivity index (χ2n) is 6.52. The van der Waals surface area contributed by atoms with Crippen molar-refractivity contribution in [3.05, 3.63) is 46.8 Å². The van der Waals surface area contributed by atoms with Gasteiger partial charge in [0.05, 0.1) is 12.8 Å². The Hall–Kier alpha value is -1.60. The summed E-state index contributed by atoms with van der Waals surface area (Å²) in [5.41, 5.74) is -0.204. The lowest BCUT2D eigenvalue weighted by molar-refractivity contribution is -0.186. The summed E-state index contributed by atoms with van der Waals surface area (Å²) in [5, 5.41) is 31.7. The molecule has 12 heteroatoms. The molecule has 0 saturated carbocycles. The number of hydrogen-bond donors (Lipinski definition) is 2. The van der Waals surface area contributed by atoms with E-state index in [0.29, 0.717) is 15.7 Å². The van der Waals surface area contributed by atoms with Crippen molar-refractivity contribution >= 4 is 34.7 Å². The van der Waals surface area contributed by atoms with E-state index in [0.717, 1.165) is 11.8 Å². The number of hydrogen-bond acceptors (Lipinski definition) is 9. The maximum Gasteiger partial charge on any atom is 0.145 e. The highest BCUT2D eigenvalue weighted by Gasteiger charge is 2.47. The number of ether oxygens (including phenoxy) is 2. The van der Waals surface area contributed by atoms with Gasteiger partial charge in [0.15, 0.2) is 0 Å². The molecule has 3 aromatic rings. The van der Waals surface area contributed by atoms with Crippen molar-refractivity contribution in [1.82, 2.24) is 20.0 Å². The first-order valence-electron chi connectivity index (χ1n) is 8.92.